The SMILES string of the molecule is C=Cc1cccc(CCCO[SiH2]C(CC)(OC)OC)c1. The molecule has 1 aromatic rings. The summed E-state index contributed by atoms with van der Waals surface area (Å²) in [7, 11) is 2.51. The van der Waals surface area contributed by atoms with Gasteiger partial charge in [-0.05, 0) is 30.4 Å². The Bertz CT molecular complexity index is 394. The van der Waals surface area contributed by atoms with Crippen molar-refractivity contribution >= 4 is 15.8 Å². The fourth-order valence-electron chi connectivity index (χ4n) is 2.07. The predicted octanol–water partition coefficient (Wildman–Crippen LogP) is 2.72. The van der Waals surface area contributed by atoms with Gasteiger partial charge >= 0.3 is 0 Å². The fourth-order valence-corrected chi connectivity index (χ4v) is 3.17. The van der Waals surface area contributed by atoms with Gasteiger partial charge in [-0.25, -0.2) is 0 Å². The van der Waals surface area contributed by atoms with Gasteiger partial charge in [0.25, 0.3) is 0 Å². The minimum atomic E-state index is -0.855. The van der Waals surface area contributed by atoms with Gasteiger partial charge in [0.2, 0.25) is 9.76 Å². The second kappa shape index (κ2) is 9.08. The first kappa shape index (κ1) is 17.1. The molecule has 0 amide bonds. The Balaban J connectivity index is 2.29. The number of hydrogen-bond donors (Lipinski definition) is 0. The van der Waals surface area contributed by atoms with Crippen molar-refractivity contribution in [2.75, 3.05) is 20.8 Å². The van der Waals surface area contributed by atoms with Crippen LogP contribution in [0.5, 0.6) is 0 Å². The lowest BCUT2D eigenvalue weighted by Gasteiger charge is -2.28. The smallest absolute Gasteiger partial charge is 0.227 e. The van der Waals surface area contributed by atoms with Crippen LogP contribution in [0.2, 0.25) is 0 Å². The van der Waals surface area contributed by atoms with Gasteiger partial charge in [-0.2, -0.15) is 0 Å². The van der Waals surface area contributed by atoms with Crippen molar-refractivity contribution in [1.29, 1.82) is 0 Å². The molecule has 1 rings (SSSR count). The van der Waals surface area contributed by atoms with E-state index in [4.69, 9.17) is 13.9 Å². The molecule has 0 aliphatic carbocycles. The van der Waals surface area contributed by atoms with E-state index < -0.39 is 15.2 Å². The van der Waals surface area contributed by atoms with Crippen molar-refractivity contribution in [3.8, 4) is 0 Å². The number of hydrogen-bond acceptors (Lipinski definition) is 3. The molecule has 0 spiro atoms. The molecule has 0 aliphatic heterocycles. The highest BCUT2D eigenvalue weighted by Gasteiger charge is 2.28. The molecule has 20 heavy (non-hydrogen) atoms. The van der Waals surface area contributed by atoms with Gasteiger partial charge in [0.05, 0.1) is 0 Å². The first-order valence-corrected chi connectivity index (χ1v) is 8.37. The van der Waals surface area contributed by atoms with E-state index in [-0.39, 0.29) is 0 Å². The van der Waals surface area contributed by atoms with Crippen molar-refractivity contribution in [3.63, 3.8) is 0 Å². The summed E-state index contributed by atoms with van der Waals surface area (Å²) in [5.74, 6) is 0. The third-order valence-corrected chi connectivity index (χ3v) is 5.56. The summed E-state index contributed by atoms with van der Waals surface area (Å²) in [5, 5.41) is 0. The van der Waals surface area contributed by atoms with Crippen molar-refractivity contribution in [2.24, 2.45) is 0 Å². The van der Waals surface area contributed by atoms with Crippen LogP contribution in [-0.2, 0) is 20.3 Å². The van der Waals surface area contributed by atoms with Crippen LogP contribution in [0.15, 0.2) is 30.8 Å². The number of rotatable bonds is 10. The predicted molar refractivity (Wildman–Crippen MR) is 86.4 cm³/mol. The highest BCUT2D eigenvalue weighted by molar-refractivity contribution is 6.31. The number of aryl methyl sites for hydroxylation is 1. The highest BCUT2D eigenvalue weighted by Crippen LogP contribution is 2.14. The Morgan fingerprint density at radius 2 is 2.05 bits per heavy atom. The minimum Gasteiger partial charge on any atom is -0.418 e. The molecule has 4 heteroatoms. The summed E-state index contributed by atoms with van der Waals surface area (Å²) < 4.78 is 16.7. The molecule has 0 heterocycles. The second-order valence-electron chi connectivity index (χ2n) is 4.78. The lowest BCUT2D eigenvalue weighted by Crippen LogP contribution is -2.41. The Morgan fingerprint density at radius 3 is 2.65 bits per heavy atom. The lowest BCUT2D eigenvalue weighted by atomic mass is 10.1. The molecule has 0 bridgehead atoms. The van der Waals surface area contributed by atoms with Gasteiger partial charge in [0.15, 0.2) is 5.41 Å². The second-order valence-corrected chi connectivity index (χ2v) is 6.55. The first-order chi connectivity index (χ1) is 9.69. The van der Waals surface area contributed by atoms with Crippen molar-refractivity contribution in [1.82, 2.24) is 0 Å². The minimum absolute atomic E-state index is 0.469. The van der Waals surface area contributed by atoms with Crippen LogP contribution in [0.4, 0.5) is 0 Å². The van der Waals surface area contributed by atoms with Crippen LogP contribution in [-0.4, -0.2) is 36.0 Å². The van der Waals surface area contributed by atoms with E-state index in [1.54, 1.807) is 14.2 Å². The summed E-state index contributed by atoms with van der Waals surface area (Å²) in [5.41, 5.74) is 2.03. The van der Waals surface area contributed by atoms with Gasteiger partial charge in [-0.1, -0.05) is 43.8 Å². The summed E-state index contributed by atoms with van der Waals surface area (Å²) in [4.78, 5) is 0. The highest BCUT2D eigenvalue weighted by atomic mass is 28.2. The quantitative estimate of drug-likeness (QED) is 0.377. The molecule has 0 aliphatic rings. The Labute approximate surface area is 124 Å². The molecule has 0 N–H and O–H groups in total. The number of methoxy groups -OCH3 is 2. The van der Waals surface area contributed by atoms with E-state index in [2.05, 4.69) is 37.8 Å². The maximum atomic E-state index is 5.82. The maximum absolute atomic E-state index is 5.82. The van der Waals surface area contributed by atoms with Crippen LogP contribution < -0.4 is 0 Å². The monoisotopic (exact) mass is 294 g/mol. The molecule has 112 valence electrons. The molecule has 0 saturated heterocycles. The lowest BCUT2D eigenvalue weighted by molar-refractivity contribution is -0.153. The summed E-state index contributed by atoms with van der Waals surface area (Å²) >= 11 is 0. The topological polar surface area (TPSA) is 27.7 Å². The average Bonchev–Trinajstić information content (AvgIpc) is 2.52. The van der Waals surface area contributed by atoms with Crippen molar-refractivity contribution in [3.05, 3.63) is 42.0 Å². The molecule has 1 aromatic carbocycles. The summed E-state index contributed by atoms with van der Waals surface area (Å²) in [6, 6.07) is 8.45. The standard InChI is InChI=1S/C16H26O3Si/c1-5-14-9-7-10-15(13-14)11-8-12-19-20-16(6-2,17-3)18-4/h5,7,9-10,13H,1,6,8,11-12,20H2,2-4H3. The molecule has 0 atom stereocenters. The van der Waals surface area contributed by atoms with Crippen LogP contribution >= 0.6 is 0 Å². The van der Waals surface area contributed by atoms with Crippen LogP contribution in [0.25, 0.3) is 6.08 Å². The Morgan fingerprint density at radius 1 is 1.30 bits per heavy atom. The number of ether oxygens (including phenoxy) is 2. The van der Waals surface area contributed by atoms with E-state index in [1.165, 1.54) is 11.1 Å². The molecule has 3 nitrogen and oxygen atoms in total. The Hall–Kier alpha value is -0.943. The first-order valence-electron chi connectivity index (χ1n) is 7.09. The van der Waals surface area contributed by atoms with E-state index >= 15 is 0 Å². The zero-order valence-corrected chi connectivity index (χ0v) is 14.3. The summed E-state index contributed by atoms with van der Waals surface area (Å²) in [6.45, 7) is 6.61. The van der Waals surface area contributed by atoms with Crippen LogP contribution in [0, 0.1) is 0 Å². The van der Waals surface area contributed by atoms with Crippen molar-refractivity contribution in [2.45, 2.75) is 31.6 Å². The zero-order valence-electron chi connectivity index (χ0n) is 12.9. The van der Waals surface area contributed by atoms with Gasteiger partial charge < -0.3 is 13.9 Å². The van der Waals surface area contributed by atoms with Gasteiger partial charge in [-0.15, -0.1) is 0 Å². The van der Waals surface area contributed by atoms with Crippen LogP contribution in [0.1, 0.15) is 30.9 Å². The molecule has 0 aromatic heterocycles. The largest absolute Gasteiger partial charge is 0.418 e. The van der Waals surface area contributed by atoms with E-state index in [1.807, 2.05) is 6.08 Å². The normalized spacial score (nSPS) is 12.2. The molecular weight excluding hydrogens is 268 g/mol. The molecule has 0 saturated carbocycles. The zero-order chi connectivity index (χ0) is 14.8. The van der Waals surface area contributed by atoms with E-state index in [9.17, 15) is 0 Å². The van der Waals surface area contributed by atoms with E-state index in [0.717, 1.165) is 25.9 Å². The summed E-state index contributed by atoms with van der Waals surface area (Å²) in [6.07, 6.45) is 4.74. The van der Waals surface area contributed by atoms with Crippen LogP contribution in [0.3, 0.4) is 0 Å². The van der Waals surface area contributed by atoms with E-state index in [0.29, 0.717) is 0 Å². The molecular formula is C16H26O3Si. The average molecular weight is 294 g/mol. The van der Waals surface area contributed by atoms with Gasteiger partial charge in [-0.3, -0.25) is 0 Å². The maximum Gasteiger partial charge on any atom is 0.227 e. The molecule has 0 radical (unpaired) electrons. The van der Waals surface area contributed by atoms with Crippen molar-refractivity contribution < 1.29 is 13.9 Å². The fraction of sp³-hybridized carbons (Fsp3) is 0.500. The number of benzene rings is 1. The third kappa shape index (κ3) is 5.21. The van der Waals surface area contributed by atoms with Gasteiger partial charge in [0.1, 0.15) is 0 Å². The Kier molecular flexibility index (Phi) is 7.77. The molecule has 0 fully saturated rings. The molecule has 0 unspecified atom stereocenters. The third-order valence-electron chi connectivity index (χ3n) is 3.55. The van der Waals surface area contributed by atoms with Gasteiger partial charge in [0, 0.05) is 20.8 Å².